The van der Waals surface area contributed by atoms with Crippen LogP contribution < -0.4 is 5.30 Å². The Morgan fingerprint density at radius 1 is 1.14 bits per heavy atom. The lowest BCUT2D eigenvalue weighted by Gasteiger charge is -2.19. The van der Waals surface area contributed by atoms with Gasteiger partial charge >= 0.3 is 5.97 Å². The Morgan fingerprint density at radius 2 is 1.82 bits per heavy atom. The maximum atomic E-state index is 13.6. The third-order valence-electron chi connectivity index (χ3n) is 4.52. The third kappa shape index (κ3) is 4.09. The first-order valence-corrected chi connectivity index (χ1v) is 11.2. The Balaban J connectivity index is 2.05. The van der Waals surface area contributed by atoms with Crippen LogP contribution >= 0.6 is 18.7 Å². The maximum absolute atomic E-state index is 13.6. The molecule has 146 valence electrons. The van der Waals surface area contributed by atoms with E-state index in [0.717, 1.165) is 22.5 Å². The Morgan fingerprint density at radius 3 is 2.39 bits per heavy atom. The van der Waals surface area contributed by atoms with Crippen LogP contribution in [0.3, 0.4) is 0 Å². The van der Waals surface area contributed by atoms with E-state index in [9.17, 15) is 18.9 Å². The fourth-order valence-corrected chi connectivity index (χ4v) is 6.37. The van der Waals surface area contributed by atoms with E-state index in [-0.39, 0.29) is 16.9 Å². The Labute approximate surface area is 167 Å². The Bertz CT molecular complexity index is 1070. The smallest absolute Gasteiger partial charge is 0.346 e. The molecule has 0 saturated carbocycles. The number of benzene rings is 2. The topological polar surface area (TPSA) is 63.6 Å². The molecule has 1 heterocycles. The zero-order chi connectivity index (χ0) is 20.5. The molecule has 1 unspecified atom stereocenters. The number of carbonyl (C=O) groups is 1. The fourth-order valence-electron chi connectivity index (χ4n) is 3.14. The zero-order valence-corrected chi connectivity index (χ0v) is 17.4. The number of rotatable bonds is 6. The molecule has 28 heavy (non-hydrogen) atoms. The summed E-state index contributed by atoms with van der Waals surface area (Å²) in [6.07, 6.45) is -0.0211. The van der Waals surface area contributed by atoms with Gasteiger partial charge in [0.05, 0.1) is 6.16 Å². The number of halogens is 1. The highest BCUT2D eigenvalue weighted by Crippen LogP contribution is 2.51. The largest absolute Gasteiger partial charge is 0.477 e. The van der Waals surface area contributed by atoms with Gasteiger partial charge in [-0.05, 0) is 54.8 Å². The van der Waals surface area contributed by atoms with E-state index in [4.69, 9.17) is 4.52 Å². The summed E-state index contributed by atoms with van der Waals surface area (Å²) in [4.78, 5) is 12.6. The lowest BCUT2D eigenvalue weighted by molar-refractivity contribution is 0.0701. The standard InChI is InChI=1S/C21H20FO4PS/c1-13-4-9-18(14(2)10-13)27(25,26-3)12-16-11-19(28-20(16)21(23)24)15-5-7-17(22)8-6-15/h4-11H,12H2,1-3H3,(H,23,24). The van der Waals surface area contributed by atoms with Crippen LogP contribution in [0.5, 0.6) is 0 Å². The number of aryl methyl sites for hydroxylation is 2. The van der Waals surface area contributed by atoms with Gasteiger partial charge in [-0.1, -0.05) is 29.8 Å². The van der Waals surface area contributed by atoms with Gasteiger partial charge < -0.3 is 9.63 Å². The van der Waals surface area contributed by atoms with Crippen molar-refractivity contribution in [3.63, 3.8) is 0 Å². The van der Waals surface area contributed by atoms with Gasteiger partial charge in [-0.25, -0.2) is 9.18 Å². The van der Waals surface area contributed by atoms with E-state index in [2.05, 4.69) is 0 Å². The molecule has 1 N–H and O–H groups in total. The molecule has 3 rings (SSSR count). The van der Waals surface area contributed by atoms with E-state index in [1.54, 1.807) is 24.3 Å². The summed E-state index contributed by atoms with van der Waals surface area (Å²) in [5.74, 6) is -1.45. The van der Waals surface area contributed by atoms with Crippen molar-refractivity contribution < 1.29 is 23.4 Å². The summed E-state index contributed by atoms with van der Waals surface area (Å²) in [5.41, 5.74) is 3.04. The molecule has 0 aliphatic carbocycles. The first kappa shape index (κ1) is 20.5. The van der Waals surface area contributed by atoms with Crippen molar-refractivity contribution in [1.82, 2.24) is 0 Å². The van der Waals surface area contributed by atoms with Crippen LogP contribution in [0, 0.1) is 19.7 Å². The maximum Gasteiger partial charge on any atom is 0.346 e. The van der Waals surface area contributed by atoms with E-state index in [1.807, 2.05) is 26.0 Å². The van der Waals surface area contributed by atoms with Gasteiger partial charge in [0.25, 0.3) is 0 Å². The number of carboxylic acids is 1. The second-order valence-electron chi connectivity index (χ2n) is 6.58. The minimum absolute atomic E-state index is 0.0211. The predicted octanol–water partition coefficient (Wildman–Crippen LogP) is 5.62. The van der Waals surface area contributed by atoms with Crippen LogP contribution in [0.15, 0.2) is 48.5 Å². The molecular formula is C21H20FO4PS. The molecule has 0 spiro atoms. The van der Waals surface area contributed by atoms with Crippen LogP contribution in [-0.2, 0) is 15.3 Å². The van der Waals surface area contributed by atoms with Gasteiger partial charge in [-0.15, -0.1) is 11.3 Å². The summed E-state index contributed by atoms with van der Waals surface area (Å²) < 4.78 is 32.2. The molecule has 1 aromatic heterocycles. The third-order valence-corrected chi connectivity index (χ3v) is 8.32. The van der Waals surface area contributed by atoms with Crippen molar-refractivity contribution in [3.8, 4) is 10.4 Å². The molecule has 3 aromatic rings. The minimum atomic E-state index is -3.30. The molecule has 0 aliphatic rings. The highest BCUT2D eigenvalue weighted by atomic mass is 32.1. The summed E-state index contributed by atoms with van der Waals surface area (Å²) >= 11 is 1.08. The van der Waals surface area contributed by atoms with Crippen LogP contribution in [0.1, 0.15) is 26.4 Å². The monoisotopic (exact) mass is 418 g/mol. The van der Waals surface area contributed by atoms with Gasteiger partial charge in [-0.2, -0.15) is 0 Å². The van der Waals surface area contributed by atoms with Gasteiger partial charge in [-0.3, -0.25) is 4.57 Å². The van der Waals surface area contributed by atoms with E-state index >= 15 is 0 Å². The molecule has 0 saturated heterocycles. The Kier molecular flexibility index (Phi) is 5.84. The molecule has 7 heteroatoms. The number of aromatic carboxylic acids is 1. The normalized spacial score (nSPS) is 13.3. The van der Waals surface area contributed by atoms with Gasteiger partial charge in [0.2, 0.25) is 7.37 Å². The van der Waals surface area contributed by atoms with Crippen LogP contribution in [0.25, 0.3) is 10.4 Å². The zero-order valence-electron chi connectivity index (χ0n) is 15.7. The molecule has 4 nitrogen and oxygen atoms in total. The number of thiophene rings is 1. The molecular weight excluding hydrogens is 398 g/mol. The first-order chi connectivity index (χ1) is 13.2. The molecule has 1 atom stereocenters. The fraction of sp³-hybridized carbons (Fsp3) is 0.190. The van der Waals surface area contributed by atoms with Crippen molar-refractivity contribution in [2.45, 2.75) is 20.0 Å². The van der Waals surface area contributed by atoms with Crippen molar-refractivity contribution in [3.05, 3.63) is 75.9 Å². The first-order valence-electron chi connectivity index (χ1n) is 8.58. The molecule has 2 aromatic carbocycles. The van der Waals surface area contributed by atoms with Crippen molar-refractivity contribution in [1.29, 1.82) is 0 Å². The average molecular weight is 418 g/mol. The summed E-state index contributed by atoms with van der Waals surface area (Å²) in [6.45, 7) is 3.81. The van der Waals surface area contributed by atoms with Crippen molar-refractivity contribution in [2.24, 2.45) is 0 Å². The average Bonchev–Trinajstić information content (AvgIpc) is 3.06. The highest BCUT2D eigenvalue weighted by molar-refractivity contribution is 7.66. The van der Waals surface area contributed by atoms with E-state index < -0.39 is 13.3 Å². The molecule has 0 bridgehead atoms. The van der Waals surface area contributed by atoms with Gasteiger partial charge in [0.15, 0.2) is 0 Å². The molecule has 0 amide bonds. The van der Waals surface area contributed by atoms with Crippen LogP contribution in [-0.4, -0.2) is 18.2 Å². The number of carboxylic acid groups (broad SMARTS) is 1. The number of hydrogen-bond acceptors (Lipinski definition) is 4. The number of hydrogen-bond donors (Lipinski definition) is 1. The molecule has 0 radical (unpaired) electrons. The van der Waals surface area contributed by atoms with E-state index in [1.165, 1.54) is 19.2 Å². The highest BCUT2D eigenvalue weighted by Gasteiger charge is 2.30. The van der Waals surface area contributed by atoms with Crippen LogP contribution in [0.2, 0.25) is 0 Å². The lowest BCUT2D eigenvalue weighted by atomic mass is 10.1. The summed E-state index contributed by atoms with van der Waals surface area (Å²) in [5, 5.41) is 10.2. The quantitative estimate of drug-likeness (QED) is 0.528. The molecule has 0 fully saturated rings. The van der Waals surface area contributed by atoms with Gasteiger partial charge in [0.1, 0.15) is 10.7 Å². The second kappa shape index (κ2) is 8.00. The van der Waals surface area contributed by atoms with Crippen molar-refractivity contribution in [2.75, 3.05) is 7.11 Å². The predicted molar refractivity (Wildman–Crippen MR) is 111 cm³/mol. The lowest BCUT2D eigenvalue weighted by Crippen LogP contribution is -2.13. The summed E-state index contributed by atoms with van der Waals surface area (Å²) in [7, 11) is -1.92. The minimum Gasteiger partial charge on any atom is -0.477 e. The summed E-state index contributed by atoms with van der Waals surface area (Å²) in [6, 6.07) is 13.1. The Hall–Kier alpha value is -2.27. The SMILES string of the molecule is COP(=O)(Cc1cc(-c2ccc(F)cc2)sc1C(=O)O)c1ccc(C)cc1C. The molecule has 0 aliphatic heterocycles. The van der Waals surface area contributed by atoms with E-state index in [0.29, 0.717) is 21.3 Å². The van der Waals surface area contributed by atoms with Crippen LogP contribution in [0.4, 0.5) is 4.39 Å². The second-order valence-corrected chi connectivity index (χ2v) is 10.1. The van der Waals surface area contributed by atoms with Crippen molar-refractivity contribution >= 4 is 30.0 Å². The van der Waals surface area contributed by atoms with Gasteiger partial charge in [0, 0.05) is 17.3 Å².